The molecule has 0 spiro atoms. The number of H-pyrrole nitrogens is 1. The Hall–Kier alpha value is -3.73. The van der Waals surface area contributed by atoms with Gasteiger partial charge in [-0.15, -0.1) is 0 Å². The second kappa shape index (κ2) is 12.9. The first kappa shape index (κ1) is 30.7. The third kappa shape index (κ3) is 5.11. The van der Waals surface area contributed by atoms with Crippen molar-refractivity contribution in [2.45, 2.75) is 107 Å². The molecule has 5 nitrogen and oxygen atoms in total. The standard InChI is InChI=1S/C38H49N5/c1-10-22-24(12-3)33-19-35-26(14-5)28(16-7)37(42-35)30(21-39-9)38-29(17-8)27(15-6)36(43-38)20-34-25(13-4)23(11-2)32(41-34)18-31(22)40-33/h18-21,39-40H,10-17H2,1-9H3/b30-21-,32-18?,35-19?,36-20?. The summed E-state index contributed by atoms with van der Waals surface area (Å²) in [4.78, 5) is 20.0. The molecular formula is C38H49N5. The molecule has 2 N–H and O–H groups in total. The molecule has 0 amide bonds. The number of aromatic amines is 1. The molecule has 0 saturated heterocycles. The molecule has 0 aliphatic carbocycles. The molecule has 1 aromatic heterocycles. The van der Waals surface area contributed by atoms with E-state index in [1.165, 1.54) is 56.0 Å². The summed E-state index contributed by atoms with van der Waals surface area (Å²) >= 11 is 0. The SMILES string of the molecule is CCC1=C(CC)C2=NC1=Cc1[nH]c(c(CC)c1CC)C=C1N=C(C(CC)=C1CC)/C(=C/NC)C1=NC(=C2)C(CC)=C1CC. The zero-order valence-corrected chi connectivity index (χ0v) is 27.8. The highest BCUT2D eigenvalue weighted by Crippen LogP contribution is 2.41. The van der Waals surface area contributed by atoms with E-state index in [0.29, 0.717) is 0 Å². The van der Waals surface area contributed by atoms with Crippen molar-refractivity contribution in [3.63, 3.8) is 0 Å². The molecule has 5 heterocycles. The van der Waals surface area contributed by atoms with Gasteiger partial charge in [0.15, 0.2) is 0 Å². The van der Waals surface area contributed by atoms with Crippen LogP contribution < -0.4 is 5.32 Å². The Morgan fingerprint density at radius 2 is 0.953 bits per heavy atom. The van der Waals surface area contributed by atoms with Gasteiger partial charge in [0.1, 0.15) is 0 Å². The number of fused-ring (bicyclic) bond motifs is 5. The zero-order chi connectivity index (χ0) is 30.8. The molecule has 5 rings (SSSR count). The number of hydrogen-bond acceptors (Lipinski definition) is 4. The molecule has 0 atom stereocenters. The summed E-state index contributed by atoms with van der Waals surface area (Å²) in [5, 5.41) is 3.35. The molecule has 0 unspecified atom stereocenters. The minimum absolute atomic E-state index is 0.918. The largest absolute Gasteiger partial charge is 0.393 e. The molecule has 5 heteroatoms. The number of aliphatic imine (C=N–C) groups is 3. The molecule has 0 saturated carbocycles. The van der Waals surface area contributed by atoms with E-state index in [9.17, 15) is 0 Å². The normalized spacial score (nSPS) is 19.2. The lowest BCUT2D eigenvalue weighted by Gasteiger charge is -2.14. The van der Waals surface area contributed by atoms with Crippen LogP contribution in [0.25, 0.3) is 12.2 Å². The smallest absolute Gasteiger partial charge is 0.0781 e. The third-order valence-corrected chi connectivity index (χ3v) is 9.35. The number of allylic oxidation sites excluding steroid dienone is 8. The number of aromatic nitrogens is 1. The molecule has 4 aliphatic rings. The van der Waals surface area contributed by atoms with E-state index in [1.807, 2.05) is 7.05 Å². The van der Waals surface area contributed by atoms with Crippen molar-refractivity contribution in [3.05, 3.63) is 90.9 Å². The lowest BCUT2D eigenvalue weighted by atomic mass is 9.89. The van der Waals surface area contributed by atoms with E-state index in [4.69, 9.17) is 15.0 Å². The Kier molecular flexibility index (Phi) is 9.19. The van der Waals surface area contributed by atoms with E-state index < -0.39 is 0 Å². The van der Waals surface area contributed by atoms with Gasteiger partial charge in [-0.25, -0.2) is 15.0 Å². The van der Waals surface area contributed by atoms with Gasteiger partial charge >= 0.3 is 0 Å². The van der Waals surface area contributed by atoms with E-state index in [2.05, 4.69) is 90.1 Å². The van der Waals surface area contributed by atoms with Crippen molar-refractivity contribution in [1.29, 1.82) is 0 Å². The van der Waals surface area contributed by atoms with Gasteiger partial charge in [0.2, 0.25) is 0 Å². The van der Waals surface area contributed by atoms with Crippen molar-refractivity contribution in [2.75, 3.05) is 7.05 Å². The average Bonchev–Trinajstić information content (AvgIpc) is 3.74. The monoisotopic (exact) mass is 575 g/mol. The Morgan fingerprint density at radius 1 is 0.535 bits per heavy atom. The van der Waals surface area contributed by atoms with Gasteiger partial charge in [0.05, 0.1) is 34.2 Å². The van der Waals surface area contributed by atoms with Crippen LogP contribution in [0.2, 0.25) is 0 Å². The summed E-state index contributed by atoms with van der Waals surface area (Å²) in [5.41, 5.74) is 20.5. The number of nitrogens with zero attached hydrogens (tertiary/aromatic N) is 3. The van der Waals surface area contributed by atoms with Crippen molar-refractivity contribution in [2.24, 2.45) is 15.0 Å². The number of nitrogens with one attached hydrogen (secondary N) is 2. The summed E-state index contributed by atoms with van der Waals surface area (Å²) in [5.74, 6) is 0. The number of rotatable bonds is 9. The van der Waals surface area contributed by atoms with Crippen LogP contribution in [0, 0.1) is 0 Å². The van der Waals surface area contributed by atoms with Gasteiger partial charge in [0.25, 0.3) is 0 Å². The molecular weight excluding hydrogens is 526 g/mol. The molecule has 226 valence electrons. The quantitative estimate of drug-likeness (QED) is 0.302. The summed E-state index contributed by atoms with van der Waals surface area (Å²) in [7, 11) is 1.97. The molecule has 0 fully saturated rings. The predicted octanol–water partition coefficient (Wildman–Crippen LogP) is 9.54. The van der Waals surface area contributed by atoms with E-state index in [0.717, 1.165) is 91.2 Å². The van der Waals surface area contributed by atoms with Crippen molar-refractivity contribution < 1.29 is 0 Å². The fraction of sp³-hybridized carbons (Fsp3) is 0.447. The summed E-state index contributed by atoms with van der Waals surface area (Å²) in [6.07, 6.45) is 16.5. The maximum Gasteiger partial charge on any atom is 0.0781 e. The predicted molar refractivity (Wildman–Crippen MR) is 186 cm³/mol. The van der Waals surface area contributed by atoms with Crippen LogP contribution in [-0.4, -0.2) is 29.2 Å². The average molecular weight is 576 g/mol. The van der Waals surface area contributed by atoms with Gasteiger partial charge < -0.3 is 10.3 Å². The molecule has 43 heavy (non-hydrogen) atoms. The van der Waals surface area contributed by atoms with E-state index in [1.54, 1.807) is 0 Å². The maximum absolute atomic E-state index is 5.42. The van der Waals surface area contributed by atoms with Crippen molar-refractivity contribution in [1.82, 2.24) is 10.3 Å². The highest BCUT2D eigenvalue weighted by Gasteiger charge is 2.32. The summed E-state index contributed by atoms with van der Waals surface area (Å²) in [6.45, 7) is 18.0. The number of hydrogen-bond donors (Lipinski definition) is 2. The maximum atomic E-state index is 5.42. The molecule has 0 radical (unpaired) electrons. The Labute approximate surface area is 258 Å². The first-order valence-corrected chi connectivity index (χ1v) is 16.6. The molecule has 0 aromatic carbocycles. The van der Waals surface area contributed by atoms with Crippen LogP contribution in [0.15, 0.2) is 83.4 Å². The van der Waals surface area contributed by atoms with Crippen LogP contribution in [0.4, 0.5) is 0 Å². The summed E-state index contributed by atoms with van der Waals surface area (Å²) < 4.78 is 0. The van der Waals surface area contributed by atoms with Gasteiger partial charge in [-0.1, -0.05) is 55.4 Å². The van der Waals surface area contributed by atoms with E-state index >= 15 is 0 Å². The molecule has 1 aromatic rings. The fourth-order valence-electron chi connectivity index (χ4n) is 7.41. The van der Waals surface area contributed by atoms with Crippen LogP contribution in [0.1, 0.15) is 116 Å². The second-order valence-corrected chi connectivity index (χ2v) is 11.5. The Morgan fingerprint density at radius 3 is 1.37 bits per heavy atom. The fourth-order valence-corrected chi connectivity index (χ4v) is 7.41. The summed E-state index contributed by atoms with van der Waals surface area (Å²) in [6, 6.07) is 0. The Bertz CT molecular complexity index is 1650. The van der Waals surface area contributed by atoms with Gasteiger partial charge in [-0.05, 0) is 114 Å². The first-order valence-electron chi connectivity index (χ1n) is 16.6. The Balaban J connectivity index is 1.92. The molecule has 4 aliphatic heterocycles. The van der Waals surface area contributed by atoms with Crippen molar-refractivity contribution in [3.8, 4) is 0 Å². The van der Waals surface area contributed by atoms with Gasteiger partial charge in [0, 0.05) is 30.2 Å². The third-order valence-electron chi connectivity index (χ3n) is 9.35. The van der Waals surface area contributed by atoms with Crippen LogP contribution in [0.5, 0.6) is 0 Å². The topological polar surface area (TPSA) is 64.9 Å². The van der Waals surface area contributed by atoms with Crippen LogP contribution in [0.3, 0.4) is 0 Å². The minimum Gasteiger partial charge on any atom is -0.393 e. The first-order chi connectivity index (χ1) is 20.9. The van der Waals surface area contributed by atoms with Crippen molar-refractivity contribution >= 4 is 29.3 Å². The van der Waals surface area contributed by atoms with Crippen LogP contribution in [-0.2, 0) is 12.8 Å². The zero-order valence-electron chi connectivity index (χ0n) is 27.8. The van der Waals surface area contributed by atoms with Gasteiger partial charge in [-0.2, -0.15) is 0 Å². The lowest BCUT2D eigenvalue weighted by Crippen LogP contribution is -2.18. The van der Waals surface area contributed by atoms with Crippen LogP contribution >= 0.6 is 0 Å². The van der Waals surface area contributed by atoms with E-state index in [-0.39, 0.29) is 0 Å². The molecule has 8 bridgehead atoms. The lowest BCUT2D eigenvalue weighted by molar-refractivity contribution is 1.04. The second-order valence-electron chi connectivity index (χ2n) is 11.5. The van der Waals surface area contributed by atoms with Gasteiger partial charge in [-0.3, -0.25) is 0 Å². The highest BCUT2D eigenvalue weighted by molar-refractivity contribution is 6.37. The minimum atomic E-state index is 0.918. The highest BCUT2D eigenvalue weighted by atomic mass is 14.9.